The predicted octanol–water partition coefficient (Wildman–Crippen LogP) is 3.63. The highest BCUT2D eigenvalue weighted by atomic mass is 16.2. The maximum atomic E-state index is 13.0. The van der Waals surface area contributed by atoms with Crippen LogP contribution in [0, 0.1) is 6.92 Å². The van der Waals surface area contributed by atoms with Crippen molar-refractivity contribution in [1.29, 1.82) is 0 Å². The zero-order valence-corrected chi connectivity index (χ0v) is 18.4. The van der Waals surface area contributed by atoms with E-state index in [1.54, 1.807) is 24.4 Å². The molecule has 4 rings (SSSR count). The second-order valence-corrected chi connectivity index (χ2v) is 7.87. The number of carbonyl (C=O) groups is 1. The third-order valence-electron chi connectivity index (χ3n) is 5.57. The number of nitrogens with one attached hydrogen (secondary N) is 2. The fourth-order valence-electron chi connectivity index (χ4n) is 3.81. The first-order chi connectivity index (χ1) is 15.5. The number of allylic oxidation sites excluding steroid dienone is 2. The van der Waals surface area contributed by atoms with E-state index in [-0.39, 0.29) is 5.91 Å². The molecule has 3 heterocycles. The monoisotopic (exact) mass is 429 g/mol. The smallest absolute Gasteiger partial charge is 0.270 e. The SMILES string of the molecule is C=C/C=C(\N=C)c1ccnc(Nc2cc(C)c3[nH]c(C(=O)N4CCN(C)CC4)cc3c2)n1. The summed E-state index contributed by atoms with van der Waals surface area (Å²) in [5, 5.41) is 4.21. The molecule has 1 amide bonds. The van der Waals surface area contributed by atoms with Crippen molar-refractivity contribution in [1.82, 2.24) is 24.8 Å². The Kier molecular flexibility index (Phi) is 6.13. The summed E-state index contributed by atoms with van der Waals surface area (Å²) in [5.41, 5.74) is 4.70. The Morgan fingerprint density at radius 2 is 2.03 bits per heavy atom. The molecule has 0 unspecified atom stereocenters. The number of fused-ring (bicyclic) bond motifs is 1. The molecule has 0 aliphatic carbocycles. The van der Waals surface area contributed by atoms with Gasteiger partial charge in [0.2, 0.25) is 5.95 Å². The van der Waals surface area contributed by atoms with Crippen LogP contribution in [0.15, 0.2) is 54.2 Å². The van der Waals surface area contributed by atoms with Crippen molar-refractivity contribution in [2.75, 3.05) is 38.5 Å². The molecular weight excluding hydrogens is 402 g/mol. The molecule has 8 heteroatoms. The van der Waals surface area contributed by atoms with Gasteiger partial charge in [-0.05, 0) is 56.6 Å². The molecule has 0 saturated carbocycles. The van der Waals surface area contributed by atoms with Crippen molar-refractivity contribution < 1.29 is 4.79 Å². The number of nitrogens with zero attached hydrogens (tertiary/aromatic N) is 5. The Morgan fingerprint density at radius 1 is 1.25 bits per heavy atom. The van der Waals surface area contributed by atoms with E-state index in [0.717, 1.165) is 48.3 Å². The van der Waals surface area contributed by atoms with Crippen molar-refractivity contribution in [3.05, 3.63) is 66.1 Å². The number of hydrogen-bond acceptors (Lipinski definition) is 6. The van der Waals surface area contributed by atoms with Gasteiger partial charge >= 0.3 is 0 Å². The topological polar surface area (TPSA) is 89.5 Å². The fraction of sp³-hybridized carbons (Fsp3) is 0.250. The second kappa shape index (κ2) is 9.15. The van der Waals surface area contributed by atoms with Crippen molar-refractivity contribution in [3.63, 3.8) is 0 Å². The Morgan fingerprint density at radius 3 is 2.75 bits per heavy atom. The van der Waals surface area contributed by atoms with Gasteiger partial charge in [-0.2, -0.15) is 0 Å². The average Bonchev–Trinajstić information content (AvgIpc) is 3.22. The molecule has 1 aliphatic rings. The van der Waals surface area contributed by atoms with E-state index in [0.29, 0.717) is 23.0 Å². The highest BCUT2D eigenvalue weighted by Gasteiger charge is 2.22. The molecule has 0 spiro atoms. The predicted molar refractivity (Wildman–Crippen MR) is 129 cm³/mol. The van der Waals surface area contributed by atoms with Crippen LogP contribution < -0.4 is 5.32 Å². The number of aliphatic imine (C=N–C) groups is 1. The lowest BCUT2D eigenvalue weighted by Crippen LogP contribution is -2.47. The van der Waals surface area contributed by atoms with Crippen molar-refractivity contribution in [2.24, 2.45) is 4.99 Å². The second-order valence-electron chi connectivity index (χ2n) is 7.87. The van der Waals surface area contributed by atoms with Crippen LogP contribution in [0.5, 0.6) is 0 Å². The molecule has 164 valence electrons. The normalized spacial score (nSPS) is 15.1. The molecule has 1 aromatic carbocycles. The zero-order valence-electron chi connectivity index (χ0n) is 18.4. The summed E-state index contributed by atoms with van der Waals surface area (Å²) in [6, 6.07) is 7.68. The Hall–Kier alpha value is -3.78. The van der Waals surface area contributed by atoms with E-state index in [4.69, 9.17) is 0 Å². The minimum atomic E-state index is 0.0395. The van der Waals surface area contributed by atoms with Gasteiger partial charge in [0.05, 0.1) is 11.4 Å². The number of rotatable bonds is 6. The first kappa shape index (κ1) is 21.5. The first-order valence-electron chi connectivity index (χ1n) is 10.5. The van der Waals surface area contributed by atoms with Crippen LogP contribution in [-0.4, -0.2) is 70.6 Å². The number of anilines is 2. The number of amides is 1. The highest BCUT2D eigenvalue weighted by molar-refractivity contribution is 5.99. The molecule has 1 fully saturated rings. The maximum Gasteiger partial charge on any atom is 0.270 e. The molecule has 2 N–H and O–H groups in total. The number of carbonyl (C=O) groups excluding carboxylic acids is 1. The zero-order chi connectivity index (χ0) is 22.7. The molecule has 0 bridgehead atoms. The molecule has 0 atom stereocenters. The van der Waals surface area contributed by atoms with Crippen molar-refractivity contribution >= 4 is 40.9 Å². The summed E-state index contributed by atoms with van der Waals surface area (Å²) in [4.78, 5) is 33.2. The largest absolute Gasteiger partial charge is 0.350 e. The van der Waals surface area contributed by atoms with Gasteiger partial charge in [-0.25, -0.2) is 9.97 Å². The average molecular weight is 430 g/mol. The summed E-state index contributed by atoms with van der Waals surface area (Å²) >= 11 is 0. The van der Waals surface area contributed by atoms with Crippen LogP contribution in [0.3, 0.4) is 0 Å². The minimum absolute atomic E-state index is 0.0395. The minimum Gasteiger partial charge on any atom is -0.350 e. The van der Waals surface area contributed by atoms with Crippen molar-refractivity contribution in [2.45, 2.75) is 6.92 Å². The number of H-pyrrole nitrogens is 1. The third kappa shape index (κ3) is 4.45. The van der Waals surface area contributed by atoms with E-state index in [1.165, 1.54) is 0 Å². The Labute approximate surface area is 187 Å². The number of benzene rings is 1. The number of aromatic nitrogens is 3. The number of piperazine rings is 1. The fourth-order valence-corrected chi connectivity index (χ4v) is 3.81. The summed E-state index contributed by atoms with van der Waals surface area (Å²) in [7, 11) is 2.08. The summed E-state index contributed by atoms with van der Waals surface area (Å²) < 4.78 is 0. The number of aromatic amines is 1. The molecule has 2 aromatic heterocycles. The van der Waals surface area contributed by atoms with Gasteiger partial charge in [-0.15, -0.1) is 0 Å². The van der Waals surface area contributed by atoms with Crippen molar-refractivity contribution in [3.8, 4) is 0 Å². The van der Waals surface area contributed by atoms with E-state index in [2.05, 4.69) is 50.5 Å². The highest BCUT2D eigenvalue weighted by Crippen LogP contribution is 2.26. The van der Waals surface area contributed by atoms with Crippen LogP contribution in [0.4, 0.5) is 11.6 Å². The molecule has 1 aliphatic heterocycles. The Bertz CT molecular complexity index is 1200. The quantitative estimate of drug-likeness (QED) is 0.461. The van der Waals surface area contributed by atoms with Gasteiger partial charge in [0.1, 0.15) is 5.69 Å². The number of hydrogen-bond donors (Lipinski definition) is 2. The Balaban J connectivity index is 1.59. The summed E-state index contributed by atoms with van der Waals surface area (Å²) in [5.74, 6) is 0.488. The van der Waals surface area contributed by atoms with Gasteiger partial charge in [-0.3, -0.25) is 9.79 Å². The molecular formula is C24H27N7O. The van der Waals surface area contributed by atoms with Crippen LogP contribution in [0.1, 0.15) is 21.7 Å². The lowest BCUT2D eigenvalue weighted by atomic mass is 10.1. The summed E-state index contributed by atoms with van der Waals surface area (Å²) in [6.45, 7) is 12.6. The summed E-state index contributed by atoms with van der Waals surface area (Å²) in [6.07, 6.45) is 5.05. The standard InChI is InChI=1S/C24H27N7O/c1-5-6-19(25-3)20-7-8-26-24(29-20)27-18-13-16(2)22-17(14-18)15-21(28-22)23(32)31-11-9-30(4)10-12-31/h5-8,13-15,28H,1,3,9-12H2,2,4H3,(H,26,27,29)/b19-6-. The number of aryl methyl sites for hydroxylation is 1. The molecule has 3 aromatic rings. The van der Waals surface area contributed by atoms with E-state index in [1.807, 2.05) is 30.0 Å². The van der Waals surface area contributed by atoms with Crippen LogP contribution in [0.2, 0.25) is 0 Å². The van der Waals surface area contributed by atoms with Crippen LogP contribution in [0.25, 0.3) is 16.6 Å². The maximum absolute atomic E-state index is 13.0. The lowest BCUT2D eigenvalue weighted by molar-refractivity contribution is 0.0659. The third-order valence-corrected chi connectivity index (χ3v) is 5.57. The van der Waals surface area contributed by atoms with Gasteiger partial charge < -0.3 is 20.1 Å². The van der Waals surface area contributed by atoms with Crippen LogP contribution >= 0.6 is 0 Å². The van der Waals surface area contributed by atoms with Crippen LogP contribution in [-0.2, 0) is 0 Å². The molecule has 1 saturated heterocycles. The van der Waals surface area contributed by atoms with Gasteiger partial charge in [-0.1, -0.05) is 12.7 Å². The van der Waals surface area contributed by atoms with Gasteiger partial charge in [0, 0.05) is 49.0 Å². The molecule has 32 heavy (non-hydrogen) atoms. The lowest BCUT2D eigenvalue weighted by Gasteiger charge is -2.32. The van der Waals surface area contributed by atoms with E-state index >= 15 is 0 Å². The first-order valence-corrected chi connectivity index (χ1v) is 10.5. The molecule has 0 radical (unpaired) electrons. The van der Waals surface area contributed by atoms with E-state index < -0.39 is 0 Å². The van der Waals surface area contributed by atoms with Gasteiger partial charge in [0.15, 0.2) is 0 Å². The van der Waals surface area contributed by atoms with Gasteiger partial charge in [0.25, 0.3) is 5.91 Å². The van der Waals surface area contributed by atoms with E-state index in [9.17, 15) is 4.79 Å². The molecule has 8 nitrogen and oxygen atoms in total. The number of likely N-dealkylation sites (N-methyl/N-ethyl adjacent to an activating group) is 1.